The summed E-state index contributed by atoms with van der Waals surface area (Å²) in [4.78, 5) is 15.6. The van der Waals surface area contributed by atoms with Crippen LogP contribution in [0.2, 0.25) is 0 Å². The van der Waals surface area contributed by atoms with Crippen molar-refractivity contribution in [2.45, 2.75) is 30.2 Å². The maximum Gasteiger partial charge on any atom is 0.228 e. The number of sulfone groups is 1. The van der Waals surface area contributed by atoms with Crippen LogP contribution in [0, 0.1) is 0 Å². The molecule has 1 aliphatic heterocycles. The van der Waals surface area contributed by atoms with Gasteiger partial charge in [-0.05, 0) is 36.4 Å². The molecule has 1 atom stereocenters. The lowest BCUT2D eigenvalue weighted by Crippen LogP contribution is -2.40. The van der Waals surface area contributed by atoms with Crippen molar-refractivity contribution in [1.82, 2.24) is 4.90 Å². The monoisotopic (exact) mass is 349 g/mol. The van der Waals surface area contributed by atoms with Crippen molar-refractivity contribution in [2.75, 3.05) is 12.3 Å². The molecule has 122 valence electrons. The molecule has 1 aromatic carbocycles. The van der Waals surface area contributed by atoms with Crippen LogP contribution < -0.4 is 0 Å². The summed E-state index contributed by atoms with van der Waals surface area (Å²) in [5, 5.41) is 1.95. The first-order valence-electron chi connectivity index (χ1n) is 7.66. The first-order valence-corrected chi connectivity index (χ1v) is 10.2. The molecule has 1 amide bonds. The van der Waals surface area contributed by atoms with E-state index >= 15 is 0 Å². The number of carbonyl (C=O) groups is 1. The van der Waals surface area contributed by atoms with Crippen molar-refractivity contribution < 1.29 is 13.2 Å². The number of rotatable bonds is 5. The van der Waals surface area contributed by atoms with Gasteiger partial charge in [-0.2, -0.15) is 0 Å². The summed E-state index contributed by atoms with van der Waals surface area (Å²) in [5.74, 6) is 0.0333. The lowest BCUT2D eigenvalue weighted by Gasteiger charge is -2.24. The highest BCUT2D eigenvalue weighted by Gasteiger charge is 2.32. The number of carbonyl (C=O) groups excluding carboxylic acids is 1. The molecule has 0 aliphatic carbocycles. The maximum absolute atomic E-state index is 12.5. The molecule has 23 heavy (non-hydrogen) atoms. The molecule has 2 heterocycles. The highest BCUT2D eigenvalue weighted by atomic mass is 32.2. The summed E-state index contributed by atoms with van der Waals surface area (Å²) < 4.78 is 25.1. The first kappa shape index (κ1) is 16.2. The Labute approximate surface area is 140 Å². The van der Waals surface area contributed by atoms with Crippen LogP contribution >= 0.6 is 11.3 Å². The zero-order valence-corrected chi connectivity index (χ0v) is 14.4. The number of thiophene rings is 1. The zero-order valence-electron chi connectivity index (χ0n) is 12.7. The van der Waals surface area contributed by atoms with Crippen LogP contribution in [0.5, 0.6) is 0 Å². The first-order chi connectivity index (χ1) is 11.1. The van der Waals surface area contributed by atoms with Crippen molar-refractivity contribution in [3.8, 4) is 0 Å². The highest BCUT2D eigenvalue weighted by molar-refractivity contribution is 7.91. The lowest BCUT2D eigenvalue weighted by atomic mass is 10.2. The molecule has 0 radical (unpaired) electrons. The van der Waals surface area contributed by atoms with Crippen molar-refractivity contribution in [3.05, 3.63) is 52.7 Å². The normalized spacial score (nSPS) is 18.3. The van der Waals surface area contributed by atoms with Gasteiger partial charge in [-0.3, -0.25) is 4.79 Å². The fraction of sp³-hybridized carbons (Fsp3) is 0.353. The van der Waals surface area contributed by atoms with Crippen LogP contribution in [0.25, 0.3) is 0 Å². The second-order valence-corrected chi connectivity index (χ2v) is 8.80. The molecule has 0 N–H and O–H groups in total. The minimum Gasteiger partial charge on any atom is -0.338 e. The van der Waals surface area contributed by atoms with Crippen LogP contribution in [0.3, 0.4) is 0 Å². The van der Waals surface area contributed by atoms with Gasteiger partial charge < -0.3 is 4.90 Å². The molecule has 4 nitrogen and oxygen atoms in total. The summed E-state index contributed by atoms with van der Waals surface area (Å²) >= 11 is 1.56. The van der Waals surface area contributed by atoms with E-state index in [2.05, 4.69) is 0 Å². The van der Waals surface area contributed by atoms with Crippen molar-refractivity contribution in [1.29, 1.82) is 0 Å². The number of nitrogens with zero attached hydrogens (tertiary/aromatic N) is 1. The minimum atomic E-state index is -3.36. The molecule has 0 unspecified atom stereocenters. The molecule has 2 aromatic rings. The van der Waals surface area contributed by atoms with E-state index in [1.165, 1.54) is 0 Å². The number of amides is 1. The molecular weight excluding hydrogens is 330 g/mol. The van der Waals surface area contributed by atoms with Crippen molar-refractivity contribution in [3.63, 3.8) is 0 Å². The molecule has 1 aliphatic rings. The quantitative estimate of drug-likeness (QED) is 0.834. The van der Waals surface area contributed by atoms with Crippen LogP contribution in [0.15, 0.2) is 52.7 Å². The molecule has 1 saturated heterocycles. The standard InChI is InChI=1S/C17H19NO3S2/c19-17(12-15-7-5-11-22-15)18-10-4-6-14(18)13-23(20,21)16-8-2-1-3-9-16/h1-3,5,7-9,11,14H,4,6,10,12-13H2/t14-/m1/s1. The van der Waals surface area contributed by atoms with Crippen molar-refractivity contribution in [2.24, 2.45) is 0 Å². The molecule has 0 spiro atoms. The Kier molecular flexibility index (Phi) is 4.82. The van der Waals surface area contributed by atoms with Gasteiger partial charge in [-0.1, -0.05) is 24.3 Å². The Morgan fingerprint density at radius 3 is 2.65 bits per heavy atom. The third-order valence-corrected chi connectivity index (χ3v) is 6.81. The Bertz CT molecular complexity index is 754. The summed E-state index contributed by atoms with van der Waals surface area (Å²) in [5.41, 5.74) is 0. The Morgan fingerprint density at radius 1 is 1.17 bits per heavy atom. The zero-order chi connectivity index (χ0) is 16.3. The van der Waals surface area contributed by atoms with E-state index in [9.17, 15) is 13.2 Å². The number of likely N-dealkylation sites (tertiary alicyclic amines) is 1. The minimum absolute atomic E-state index is 0.00714. The third-order valence-electron chi connectivity index (χ3n) is 4.12. The van der Waals surface area contributed by atoms with Gasteiger partial charge in [-0.25, -0.2) is 8.42 Å². The smallest absolute Gasteiger partial charge is 0.228 e. The van der Waals surface area contributed by atoms with Gasteiger partial charge in [0.25, 0.3) is 0 Å². The predicted octanol–water partition coefficient (Wildman–Crippen LogP) is 2.76. The molecule has 3 rings (SSSR count). The van der Waals surface area contributed by atoms with Gasteiger partial charge in [0.2, 0.25) is 5.91 Å². The van der Waals surface area contributed by atoms with Gasteiger partial charge >= 0.3 is 0 Å². The summed E-state index contributed by atoms with van der Waals surface area (Å²) in [7, 11) is -3.36. The van der Waals surface area contributed by atoms with Gasteiger partial charge in [0.05, 0.1) is 17.1 Å². The van der Waals surface area contributed by atoms with Crippen LogP contribution in [0.4, 0.5) is 0 Å². The fourth-order valence-corrected chi connectivity index (χ4v) is 5.29. The predicted molar refractivity (Wildman–Crippen MR) is 91.3 cm³/mol. The van der Waals surface area contributed by atoms with Gasteiger partial charge in [0.1, 0.15) is 0 Å². The molecule has 0 bridgehead atoms. The molecule has 1 aromatic heterocycles. The van der Waals surface area contributed by atoms with Crippen molar-refractivity contribution >= 4 is 27.1 Å². The fourth-order valence-electron chi connectivity index (χ4n) is 2.98. The average Bonchev–Trinajstić information content (AvgIpc) is 3.19. The van der Waals surface area contributed by atoms with E-state index in [-0.39, 0.29) is 17.7 Å². The number of hydrogen-bond donors (Lipinski definition) is 0. The second kappa shape index (κ2) is 6.84. The number of benzene rings is 1. The van der Waals surface area contributed by atoms with E-state index < -0.39 is 9.84 Å². The topological polar surface area (TPSA) is 54.5 Å². The average molecular weight is 349 g/mol. The Hall–Kier alpha value is -1.66. The van der Waals surface area contributed by atoms with E-state index in [0.29, 0.717) is 17.9 Å². The van der Waals surface area contributed by atoms with E-state index in [1.807, 2.05) is 17.5 Å². The highest BCUT2D eigenvalue weighted by Crippen LogP contribution is 2.23. The molecule has 1 fully saturated rings. The van der Waals surface area contributed by atoms with Crippen LogP contribution in [0.1, 0.15) is 17.7 Å². The van der Waals surface area contributed by atoms with E-state index in [4.69, 9.17) is 0 Å². The van der Waals surface area contributed by atoms with E-state index in [1.54, 1.807) is 46.6 Å². The van der Waals surface area contributed by atoms with Gasteiger partial charge in [0.15, 0.2) is 9.84 Å². The lowest BCUT2D eigenvalue weighted by molar-refractivity contribution is -0.130. The summed E-state index contributed by atoms with van der Waals surface area (Å²) in [6.07, 6.45) is 1.98. The van der Waals surface area contributed by atoms with Crippen LogP contribution in [-0.4, -0.2) is 37.6 Å². The Balaban J connectivity index is 1.71. The van der Waals surface area contributed by atoms with Crippen LogP contribution in [-0.2, 0) is 21.1 Å². The molecule has 6 heteroatoms. The second-order valence-electron chi connectivity index (χ2n) is 5.73. The number of hydrogen-bond acceptors (Lipinski definition) is 4. The molecular formula is C17H19NO3S2. The maximum atomic E-state index is 12.5. The van der Waals surface area contributed by atoms with E-state index in [0.717, 1.165) is 17.7 Å². The SMILES string of the molecule is O=C(Cc1cccs1)N1CCC[C@@H]1CS(=O)(=O)c1ccccc1. The van der Waals surface area contributed by atoms with Gasteiger partial charge in [-0.15, -0.1) is 11.3 Å². The molecule has 0 saturated carbocycles. The summed E-state index contributed by atoms with van der Waals surface area (Å²) in [6, 6.07) is 12.1. The summed E-state index contributed by atoms with van der Waals surface area (Å²) in [6.45, 7) is 0.652. The third kappa shape index (κ3) is 3.82. The van der Waals surface area contributed by atoms with Gasteiger partial charge in [0, 0.05) is 17.5 Å². The largest absolute Gasteiger partial charge is 0.338 e. The Morgan fingerprint density at radius 2 is 1.96 bits per heavy atom.